The minimum atomic E-state index is -0.289. The molecule has 0 aromatic heterocycles. The first kappa shape index (κ1) is 20.8. The number of fused-ring (bicyclic) bond motifs is 1. The Labute approximate surface area is 174 Å². The van der Waals surface area contributed by atoms with Crippen LogP contribution in [0, 0.1) is 16.7 Å². The van der Waals surface area contributed by atoms with Crippen LogP contribution in [0.2, 0.25) is 5.02 Å². The van der Waals surface area contributed by atoms with E-state index in [4.69, 9.17) is 27.5 Å². The van der Waals surface area contributed by atoms with E-state index in [1.165, 1.54) is 0 Å². The lowest BCUT2D eigenvalue weighted by molar-refractivity contribution is 0.0945. The van der Waals surface area contributed by atoms with E-state index in [1.54, 1.807) is 42.2 Å². The van der Waals surface area contributed by atoms with Crippen molar-refractivity contribution in [2.75, 3.05) is 29.5 Å². The van der Waals surface area contributed by atoms with Gasteiger partial charge in [0.05, 0.1) is 18.0 Å². The van der Waals surface area contributed by atoms with Crippen molar-refractivity contribution in [3.63, 3.8) is 0 Å². The largest absolute Gasteiger partial charge is 0.395 e. The Hall–Kier alpha value is -2.90. The molecule has 7 nitrogen and oxygen atoms in total. The van der Waals surface area contributed by atoms with Gasteiger partial charge in [-0.2, -0.15) is 0 Å². The summed E-state index contributed by atoms with van der Waals surface area (Å²) in [6.07, 6.45) is 0. The molecular weight excluding hydrogens is 390 g/mol. The number of aliphatic hydroxyl groups is 1. The van der Waals surface area contributed by atoms with E-state index in [1.807, 2.05) is 24.0 Å². The van der Waals surface area contributed by atoms with Crippen LogP contribution in [0.15, 0.2) is 42.5 Å². The second-order valence-electron chi connectivity index (χ2n) is 6.98. The van der Waals surface area contributed by atoms with Crippen molar-refractivity contribution < 1.29 is 9.90 Å². The number of halogens is 1. The molecule has 152 valence electrons. The highest BCUT2D eigenvalue weighted by atomic mass is 35.5. The number of rotatable bonds is 4. The minimum absolute atomic E-state index is 0.136. The summed E-state index contributed by atoms with van der Waals surface area (Å²) in [4.78, 5) is 16.1. The predicted molar refractivity (Wildman–Crippen MR) is 117 cm³/mol. The number of carbonyl (C=O) groups is 1. The molecule has 1 aliphatic rings. The lowest BCUT2D eigenvalue weighted by Gasteiger charge is -2.27. The van der Waals surface area contributed by atoms with Crippen LogP contribution in [0.25, 0.3) is 0 Å². The molecule has 3 rings (SSSR count). The van der Waals surface area contributed by atoms with Crippen LogP contribution in [0.5, 0.6) is 0 Å². The molecule has 0 aliphatic carbocycles. The quantitative estimate of drug-likeness (QED) is 0.454. The second kappa shape index (κ2) is 8.63. The number of benzene rings is 2. The maximum absolute atomic E-state index is 12.5. The fraction of sp³-hybridized carbons (Fsp3) is 0.286. The van der Waals surface area contributed by atoms with E-state index in [0.29, 0.717) is 28.7 Å². The van der Waals surface area contributed by atoms with Crippen molar-refractivity contribution in [1.82, 2.24) is 5.32 Å². The number of amidine groups is 2. The van der Waals surface area contributed by atoms with Crippen LogP contribution < -0.4 is 15.1 Å². The van der Waals surface area contributed by atoms with Crippen molar-refractivity contribution in [2.45, 2.75) is 13.8 Å². The maximum Gasteiger partial charge on any atom is 0.251 e. The van der Waals surface area contributed by atoms with E-state index in [9.17, 15) is 4.79 Å². The monoisotopic (exact) mass is 413 g/mol. The number of nitrogens with one attached hydrogen (secondary N) is 3. The first-order chi connectivity index (χ1) is 13.8. The SMILES string of the molecule is CC(=N)N1C(=N)C(C)CN(c2ccc(Cl)cc2)c2cc(C(=O)NCCO)ccc21. The zero-order chi connectivity index (χ0) is 21.1. The summed E-state index contributed by atoms with van der Waals surface area (Å²) in [6.45, 7) is 4.14. The normalized spacial score (nSPS) is 16.3. The Balaban J connectivity index is 2.16. The highest BCUT2D eigenvalue weighted by molar-refractivity contribution is 6.30. The van der Waals surface area contributed by atoms with Crippen molar-refractivity contribution in [3.05, 3.63) is 53.1 Å². The van der Waals surface area contributed by atoms with Gasteiger partial charge in [0.15, 0.2) is 0 Å². The van der Waals surface area contributed by atoms with E-state index in [2.05, 4.69) is 5.32 Å². The van der Waals surface area contributed by atoms with Gasteiger partial charge in [0.2, 0.25) is 0 Å². The van der Waals surface area contributed by atoms with E-state index < -0.39 is 0 Å². The molecule has 29 heavy (non-hydrogen) atoms. The van der Waals surface area contributed by atoms with Crippen LogP contribution in [-0.4, -0.2) is 42.4 Å². The lowest BCUT2D eigenvalue weighted by Crippen LogP contribution is -2.38. The van der Waals surface area contributed by atoms with Crippen LogP contribution in [0.4, 0.5) is 17.1 Å². The maximum atomic E-state index is 12.5. The third-order valence-corrected chi connectivity index (χ3v) is 5.06. The summed E-state index contributed by atoms with van der Waals surface area (Å²) in [5.74, 6) is 0.125. The summed E-state index contributed by atoms with van der Waals surface area (Å²) < 4.78 is 0. The topological polar surface area (TPSA) is 104 Å². The minimum Gasteiger partial charge on any atom is -0.395 e. The molecule has 0 fully saturated rings. The van der Waals surface area contributed by atoms with Crippen molar-refractivity contribution in [3.8, 4) is 0 Å². The molecule has 4 N–H and O–H groups in total. The Morgan fingerprint density at radius 2 is 1.93 bits per heavy atom. The molecule has 0 bridgehead atoms. The Morgan fingerprint density at radius 3 is 2.55 bits per heavy atom. The van der Waals surface area contributed by atoms with Gasteiger partial charge in [0.1, 0.15) is 11.7 Å². The smallest absolute Gasteiger partial charge is 0.251 e. The van der Waals surface area contributed by atoms with Crippen molar-refractivity contribution >= 4 is 46.2 Å². The van der Waals surface area contributed by atoms with Gasteiger partial charge in [-0.05, 0) is 49.4 Å². The van der Waals surface area contributed by atoms with Gasteiger partial charge in [-0.3, -0.25) is 20.5 Å². The fourth-order valence-electron chi connectivity index (χ4n) is 3.38. The molecule has 1 atom stereocenters. The number of aliphatic hydroxyl groups excluding tert-OH is 1. The molecule has 0 spiro atoms. The summed E-state index contributed by atoms with van der Waals surface area (Å²) in [5, 5.41) is 29.1. The Kier molecular flexibility index (Phi) is 6.20. The van der Waals surface area contributed by atoms with Crippen LogP contribution >= 0.6 is 11.6 Å². The van der Waals surface area contributed by atoms with Gasteiger partial charge in [-0.15, -0.1) is 0 Å². The number of carbonyl (C=O) groups excluding carboxylic acids is 1. The summed E-state index contributed by atoms with van der Waals surface area (Å²) in [6, 6.07) is 12.6. The number of nitrogens with zero attached hydrogens (tertiary/aromatic N) is 2. The summed E-state index contributed by atoms with van der Waals surface area (Å²) >= 11 is 6.05. The molecule has 1 aliphatic heterocycles. The van der Waals surface area contributed by atoms with Crippen LogP contribution in [0.1, 0.15) is 24.2 Å². The zero-order valence-electron chi connectivity index (χ0n) is 16.4. The summed E-state index contributed by atoms with van der Waals surface area (Å²) in [7, 11) is 0. The zero-order valence-corrected chi connectivity index (χ0v) is 17.1. The van der Waals surface area contributed by atoms with Gasteiger partial charge in [-0.1, -0.05) is 18.5 Å². The van der Waals surface area contributed by atoms with Gasteiger partial charge in [-0.25, -0.2) is 0 Å². The van der Waals surface area contributed by atoms with Gasteiger partial charge < -0.3 is 15.3 Å². The number of anilines is 3. The first-order valence-corrected chi connectivity index (χ1v) is 9.71. The molecule has 2 aromatic carbocycles. The lowest BCUT2D eigenvalue weighted by atomic mass is 10.1. The van der Waals surface area contributed by atoms with E-state index >= 15 is 0 Å². The van der Waals surface area contributed by atoms with Gasteiger partial charge >= 0.3 is 0 Å². The molecule has 0 saturated carbocycles. The van der Waals surface area contributed by atoms with Gasteiger partial charge in [0, 0.05) is 35.3 Å². The average Bonchev–Trinajstić information content (AvgIpc) is 2.81. The van der Waals surface area contributed by atoms with Gasteiger partial charge in [0.25, 0.3) is 5.91 Å². The highest BCUT2D eigenvalue weighted by Crippen LogP contribution is 2.39. The number of hydrogen-bond donors (Lipinski definition) is 4. The molecule has 0 radical (unpaired) electrons. The molecule has 1 unspecified atom stereocenters. The second-order valence-corrected chi connectivity index (χ2v) is 7.41. The first-order valence-electron chi connectivity index (χ1n) is 9.33. The average molecular weight is 414 g/mol. The fourth-order valence-corrected chi connectivity index (χ4v) is 3.50. The highest BCUT2D eigenvalue weighted by Gasteiger charge is 2.31. The van der Waals surface area contributed by atoms with Crippen LogP contribution in [-0.2, 0) is 0 Å². The molecule has 1 heterocycles. The molecular formula is C21H24ClN5O2. The molecule has 0 saturated heterocycles. The molecule has 8 heteroatoms. The van der Waals surface area contributed by atoms with Crippen molar-refractivity contribution in [2.24, 2.45) is 5.92 Å². The standard InChI is InChI=1S/C21H24ClN5O2/c1-13-12-26(17-6-4-16(22)5-7-17)19-11-15(21(29)25-9-10-28)3-8-18(19)27(14(2)23)20(13)24/h3-8,11,13,23-24,28H,9-10,12H2,1-2H3,(H,25,29). The Bertz CT molecular complexity index is 945. The number of amides is 1. The Morgan fingerprint density at radius 1 is 1.24 bits per heavy atom. The third-order valence-electron chi connectivity index (χ3n) is 4.80. The molecule has 1 amide bonds. The summed E-state index contributed by atoms with van der Waals surface area (Å²) in [5.41, 5.74) is 2.72. The van der Waals surface area contributed by atoms with E-state index in [0.717, 1.165) is 11.4 Å². The number of hydrogen-bond acceptors (Lipinski definition) is 5. The van der Waals surface area contributed by atoms with Crippen molar-refractivity contribution in [1.29, 1.82) is 10.8 Å². The predicted octanol–water partition coefficient (Wildman–Crippen LogP) is 3.63. The third kappa shape index (κ3) is 4.26. The van der Waals surface area contributed by atoms with E-state index in [-0.39, 0.29) is 30.8 Å². The van der Waals surface area contributed by atoms with Crippen LogP contribution in [0.3, 0.4) is 0 Å². The molecule has 2 aromatic rings.